The van der Waals surface area contributed by atoms with Crippen LogP contribution in [0.1, 0.15) is 51.7 Å². The van der Waals surface area contributed by atoms with E-state index in [9.17, 15) is 0 Å². The molecule has 0 amide bonds. The summed E-state index contributed by atoms with van der Waals surface area (Å²) in [6.07, 6.45) is 2.40. The van der Waals surface area contributed by atoms with Gasteiger partial charge >= 0.3 is 0 Å². The summed E-state index contributed by atoms with van der Waals surface area (Å²) in [6.45, 7) is 9.59. The average Bonchev–Trinajstić information content (AvgIpc) is 3.65. The second-order valence-electron chi connectivity index (χ2n) is 17.3. The molecule has 0 aliphatic heterocycles. The first-order valence-corrected chi connectivity index (χ1v) is 20.8. The fraction of sp³-hybridized carbons (Fsp3) is 0.143. The molecular formula is C56H48N2O. The molecule has 0 fully saturated rings. The highest BCUT2D eigenvalue weighted by Gasteiger charge is 2.37. The van der Waals surface area contributed by atoms with Crippen LogP contribution in [0.15, 0.2) is 199 Å². The summed E-state index contributed by atoms with van der Waals surface area (Å²) < 4.78 is 6.15. The van der Waals surface area contributed by atoms with Gasteiger partial charge in [-0.1, -0.05) is 137 Å². The van der Waals surface area contributed by atoms with Gasteiger partial charge in [0.1, 0.15) is 11.2 Å². The summed E-state index contributed by atoms with van der Waals surface area (Å²) in [7, 11) is 0. The van der Waals surface area contributed by atoms with E-state index in [1.807, 2.05) is 12.1 Å². The average molecular weight is 765 g/mol. The first-order valence-electron chi connectivity index (χ1n) is 20.8. The molecule has 0 bridgehead atoms. The summed E-state index contributed by atoms with van der Waals surface area (Å²) in [4.78, 5) is 4.70. The lowest BCUT2D eigenvalue weighted by Crippen LogP contribution is -2.34. The van der Waals surface area contributed by atoms with Crippen LogP contribution in [-0.2, 0) is 10.8 Å². The highest BCUT2D eigenvalue weighted by Crippen LogP contribution is 2.48. The van der Waals surface area contributed by atoms with Gasteiger partial charge in [-0.05, 0) is 142 Å². The van der Waals surface area contributed by atoms with Gasteiger partial charge in [0.25, 0.3) is 0 Å². The Balaban J connectivity index is 0.925. The van der Waals surface area contributed by atoms with Crippen molar-refractivity contribution in [1.29, 1.82) is 0 Å². The van der Waals surface area contributed by atoms with Crippen molar-refractivity contribution in [1.82, 2.24) is 0 Å². The lowest BCUT2D eigenvalue weighted by Gasteiger charge is -2.42. The molecule has 0 saturated heterocycles. The van der Waals surface area contributed by atoms with E-state index in [2.05, 4.69) is 219 Å². The predicted molar refractivity (Wildman–Crippen MR) is 249 cm³/mol. The zero-order chi connectivity index (χ0) is 40.1. The van der Waals surface area contributed by atoms with E-state index in [0.29, 0.717) is 0 Å². The molecule has 288 valence electrons. The number of para-hydroxylation sites is 3. The summed E-state index contributed by atoms with van der Waals surface area (Å²) in [6, 6.07) is 70.0. The first kappa shape index (κ1) is 36.5. The van der Waals surface area contributed by atoms with Crippen LogP contribution in [0, 0.1) is 0 Å². The van der Waals surface area contributed by atoms with Crippen molar-refractivity contribution < 1.29 is 4.42 Å². The fourth-order valence-corrected chi connectivity index (χ4v) is 9.08. The van der Waals surface area contributed by atoms with E-state index in [-0.39, 0.29) is 10.8 Å². The molecule has 0 unspecified atom stereocenters. The van der Waals surface area contributed by atoms with Crippen LogP contribution in [-0.4, -0.2) is 0 Å². The van der Waals surface area contributed by atoms with Crippen LogP contribution < -0.4 is 9.80 Å². The van der Waals surface area contributed by atoms with Gasteiger partial charge in [0.15, 0.2) is 0 Å². The largest absolute Gasteiger partial charge is 0.456 e. The molecule has 0 atom stereocenters. The highest BCUT2D eigenvalue weighted by molar-refractivity contribution is 6.06. The van der Waals surface area contributed by atoms with Crippen molar-refractivity contribution in [2.24, 2.45) is 0 Å². The molecule has 8 aromatic carbocycles. The van der Waals surface area contributed by atoms with Crippen molar-refractivity contribution in [3.63, 3.8) is 0 Å². The van der Waals surface area contributed by atoms with Crippen LogP contribution in [0.3, 0.4) is 0 Å². The predicted octanol–water partition coefficient (Wildman–Crippen LogP) is 16.2. The third kappa shape index (κ3) is 6.77. The molecule has 1 aliphatic carbocycles. The number of rotatable bonds is 8. The standard InChI is InChI=1S/C56H48N2O/c1-55(2)35-36-56(3,4)52-38-48(31-33-51(52)55)58(44-15-9-6-10-16-44)46-29-25-42(26-30-46)40-21-19-39(20-22-40)41-23-27-45(28-24-41)57(43-13-7-5-8-14-43)47-32-34-54-50(37-47)49-17-11-12-18-53(49)59-54/h5-34,37-38H,35-36H2,1-4H3. The van der Waals surface area contributed by atoms with Crippen molar-refractivity contribution in [2.75, 3.05) is 9.80 Å². The lowest BCUT2D eigenvalue weighted by molar-refractivity contribution is 0.332. The second-order valence-corrected chi connectivity index (χ2v) is 17.3. The molecule has 0 N–H and O–H groups in total. The monoisotopic (exact) mass is 764 g/mol. The van der Waals surface area contributed by atoms with Gasteiger partial charge in [-0.3, -0.25) is 0 Å². The van der Waals surface area contributed by atoms with Crippen LogP contribution in [0.4, 0.5) is 34.1 Å². The van der Waals surface area contributed by atoms with Crippen LogP contribution in [0.25, 0.3) is 44.2 Å². The molecule has 0 radical (unpaired) electrons. The van der Waals surface area contributed by atoms with Gasteiger partial charge in [-0.2, -0.15) is 0 Å². The first-order chi connectivity index (χ1) is 28.7. The quantitative estimate of drug-likeness (QED) is 0.154. The Kier molecular flexibility index (Phi) is 8.98. The van der Waals surface area contributed by atoms with E-state index in [0.717, 1.165) is 50.4 Å². The summed E-state index contributed by atoms with van der Waals surface area (Å²) in [5, 5.41) is 2.24. The zero-order valence-corrected chi connectivity index (χ0v) is 34.2. The third-order valence-corrected chi connectivity index (χ3v) is 12.5. The minimum Gasteiger partial charge on any atom is -0.456 e. The fourth-order valence-electron chi connectivity index (χ4n) is 9.08. The Morgan fingerprint density at radius 2 is 0.729 bits per heavy atom. The smallest absolute Gasteiger partial charge is 0.135 e. The van der Waals surface area contributed by atoms with Crippen molar-refractivity contribution >= 4 is 56.1 Å². The van der Waals surface area contributed by atoms with Gasteiger partial charge in [-0.25, -0.2) is 0 Å². The summed E-state index contributed by atoms with van der Waals surface area (Å²) >= 11 is 0. The van der Waals surface area contributed by atoms with Crippen molar-refractivity contribution in [3.8, 4) is 22.3 Å². The maximum Gasteiger partial charge on any atom is 0.135 e. The van der Waals surface area contributed by atoms with Gasteiger partial charge in [0.05, 0.1) is 0 Å². The molecule has 3 heteroatoms. The maximum absolute atomic E-state index is 6.15. The van der Waals surface area contributed by atoms with E-state index >= 15 is 0 Å². The number of nitrogens with zero attached hydrogens (tertiary/aromatic N) is 2. The Morgan fingerprint density at radius 1 is 0.339 bits per heavy atom. The maximum atomic E-state index is 6.15. The molecule has 1 aliphatic rings. The van der Waals surface area contributed by atoms with E-state index in [4.69, 9.17) is 4.42 Å². The molecule has 0 spiro atoms. The van der Waals surface area contributed by atoms with E-state index in [1.165, 1.54) is 51.9 Å². The number of benzene rings is 8. The van der Waals surface area contributed by atoms with Crippen LogP contribution in [0.5, 0.6) is 0 Å². The molecule has 0 saturated carbocycles. The van der Waals surface area contributed by atoms with Crippen LogP contribution in [0.2, 0.25) is 0 Å². The van der Waals surface area contributed by atoms with Gasteiger partial charge in [-0.15, -0.1) is 0 Å². The Bertz CT molecular complexity index is 2910. The van der Waals surface area contributed by atoms with Gasteiger partial charge in [0.2, 0.25) is 0 Å². The normalized spacial score (nSPS) is 14.2. The molecular weight excluding hydrogens is 717 g/mol. The van der Waals surface area contributed by atoms with E-state index in [1.54, 1.807) is 0 Å². The third-order valence-electron chi connectivity index (χ3n) is 12.5. The van der Waals surface area contributed by atoms with Gasteiger partial charge in [0, 0.05) is 44.9 Å². The lowest BCUT2D eigenvalue weighted by atomic mass is 9.63. The number of fused-ring (bicyclic) bond motifs is 4. The molecule has 9 aromatic rings. The summed E-state index contributed by atoms with van der Waals surface area (Å²) in [5.41, 5.74) is 16.6. The topological polar surface area (TPSA) is 19.6 Å². The van der Waals surface area contributed by atoms with Crippen molar-refractivity contribution in [2.45, 2.75) is 51.4 Å². The molecule has 10 rings (SSSR count). The molecule has 3 nitrogen and oxygen atoms in total. The Morgan fingerprint density at radius 3 is 1.27 bits per heavy atom. The number of anilines is 6. The molecule has 59 heavy (non-hydrogen) atoms. The highest BCUT2D eigenvalue weighted by atomic mass is 16.3. The van der Waals surface area contributed by atoms with Crippen molar-refractivity contribution in [3.05, 3.63) is 205 Å². The minimum atomic E-state index is 0.135. The SMILES string of the molecule is CC1(C)CCC(C)(C)c2cc(N(c3ccccc3)c3ccc(-c4ccc(-c5ccc(N(c6ccccc6)c6ccc7oc8ccccc8c7c6)cc5)cc4)cc3)ccc21. The second kappa shape index (κ2) is 14.5. The van der Waals surface area contributed by atoms with Crippen LogP contribution >= 0.6 is 0 Å². The Labute approximate surface area is 347 Å². The molecule has 1 heterocycles. The van der Waals surface area contributed by atoms with Gasteiger partial charge < -0.3 is 14.2 Å². The van der Waals surface area contributed by atoms with E-state index < -0.39 is 0 Å². The summed E-state index contributed by atoms with van der Waals surface area (Å²) in [5.74, 6) is 0. The number of hydrogen-bond acceptors (Lipinski definition) is 3. The number of furan rings is 1. The number of hydrogen-bond donors (Lipinski definition) is 0. The zero-order valence-electron chi connectivity index (χ0n) is 34.2. The Hall–Kier alpha value is -6.84. The molecule has 1 aromatic heterocycles. The minimum absolute atomic E-state index is 0.135.